The van der Waals surface area contributed by atoms with Crippen molar-refractivity contribution in [1.29, 1.82) is 0 Å². The van der Waals surface area contributed by atoms with Gasteiger partial charge in [-0.25, -0.2) is 0 Å². The van der Waals surface area contributed by atoms with E-state index in [1.165, 1.54) is 0 Å². The molecule has 0 spiro atoms. The summed E-state index contributed by atoms with van der Waals surface area (Å²) in [5.41, 5.74) is 0. The summed E-state index contributed by atoms with van der Waals surface area (Å²) in [4.78, 5) is 13.8. The molecule has 1 N–H and O–H groups in total. The molecule has 4 nitrogen and oxygen atoms in total. The molecular formula is C12H23NO3. The number of likely N-dealkylation sites (tertiary alicyclic amines) is 1. The normalized spacial score (nSPS) is 20.7. The molecule has 0 saturated carbocycles. The van der Waals surface area contributed by atoms with Gasteiger partial charge in [0.1, 0.15) is 0 Å². The first kappa shape index (κ1) is 13.5. The molecule has 94 valence electrons. The van der Waals surface area contributed by atoms with Crippen LogP contribution in [0.5, 0.6) is 0 Å². The van der Waals surface area contributed by atoms with E-state index in [1.54, 1.807) is 0 Å². The molecular weight excluding hydrogens is 206 g/mol. The number of carbonyl (C=O) groups is 1. The van der Waals surface area contributed by atoms with E-state index >= 15 is 0 Å². The van der Waals surface area contributed by atoms with E-state index < -0.39 is 0 Å². The number of esters is 1. The largest absolute Gasteiger partial charge is 0.466 e. The molecule has 1 aliphatic rings. The molecule has 0 amide bonds. The lowest BCUT2D eigenvalue weighted by atomic mass is 9.97. The van der Waals surface area contributed by atoms with Crippen molar-refractivity contribution in [3.05, 3.63) is 0 Å². The minimum Gasteiger partial charge on any atom is -0.466 e. The molecule has 1 heterocycles. The molecule has 0 aromatic rings. The van der Waals surface area contributed by atoms with Crippen molar-refractivity contribution in [2.45, 2.75) is 39.2 Å². The minimum atomic E-state index is -0.234. The van der Waals surface area contributed by atoms with Gasteiger partial charge in [-0.1, -0.05) is 0 Å². The lowest BCUT2D eigenvalue weighted by Gasteiger charge is -2.30. The summed E-state index contributed by atoms with van der Waals surface area (Å²) in [6, 6.07) is 0. The van der Waals surface area contributed by atoms with Crippen LogP contribution < -0.4 is 0 Å². The Hall–Kier alpha value is -0.610. The second-order valence-corrected chi connectivity index (χ2v) is 4.51. The fourth-order valence-electron chi connectivity index (χ4n) is 2.02. The number of hydrogen-bond donors (Lipinski definition) is 1. The fraction of sp³-hybridized carbons (Fsp3) is 0.917. The van der Waals surface area contributed by atoms with Crippen molar-refractivity contribution < 1.29 is 14.6 Å². The Morgan fingerprint density at radius 2 is 2.12 bits per heavy atom. The van der Waals surface area contributed by atoms with E-state index in [1.807, 2.05) is 13.8 Å². The summed E-state index contributed by atoms with van der Waals surface area (Å²) in [5, 5.41) is 9.19. The fourth-order valence-corrected chi connectivity index (χ4v) is 2.02. The Balaban J connectivity index is 2.20. The van der Waals surface area contributed by atoms with Crippen LogP contribution >= 0.6 is 0 Å². The molecule has 0 bridgehead atoms. The highest BCUT2D eigenvalue weighted by Gasteiger charge is 2.25. The van der Waals surface area contributed by atoms with Gasteiger partial charge in [-0.05, 0) is 46.2 Å². The number of rotatable bonds is 5. The van der Waals surface area contributed by atoms with E-state index in [2.05, 4.69) is 4.90 Å². The third-order valence-corrected chi connectivity index (χ3v) is 3.07. The van der Waals surface area contributed by atoms with Gasteiger partial charge >= 0.3 is 5.97 Å². The number of piperidine rings is 1. The van der Waals surface area contributed by atoms with E-state index in [4.69, 9.17) is 4.74 Å². The maximum Gasteiger partial charge on any atom is 0.309 e. The summed E-state index contributed by atoms with van der Waals surface area (Å²) < 4.78 is 5.02. The Kier molecular flexibility index (Phi) is 5.77. The molecule has 0 aliphatic carbocycles. The van der Waals surface area contributed by atoms with Crippen LogP contribution in [0.1, 0.15) is 33.1 Å². The molecule has 1 atom stereocenters. The molecule has 1 fully saturated rings. The number of carbonyl (C=O) groups excluding carboxylic acids is 1. The summed E-state index contributed by atoms with van der Waals surface area (Å²) in [6.45, 7) is 6.93. The Labute approximate surface area is 97.6 Å². The Bertz CT molecular complexity index is 210. The van der Waals surface area contributed by atoms with Gasteiger partial charge in [0, 0.05) is 6.54 Å². The van der Waals surface area contributed by atoms with Gasteiger partial charge in [-0.3, -0.25) is 4.79 Å². The monoisotopic (exact) mass is 229 g/mol. The van der Waals surface area contributed by atoms with Crippen molar-refractivity contribution in [2.75, 3.05) is 26.2 Å². The molecule has 4 heteroatoms. The summed E-state index contributed by atoms with van der Waals surface area (Å²) in [5.74, 6) is 0.0421. The van der Waals surface area contributed by atoms with Crippen LogP contribution in [0.15, 0.2) is 0 Å². The second-order valence-electron chi connectivity index (χ2n) is 4.51. The van der Waals surface area contributed by atoms with Crippen molar-refractivity contribution >= 4 is 5.97 Å². The van der Waals surface area contributed by atoms with Crippen molar-refractivity contribution in [3.63, 3.8) is 0 Å². The summed E-state index contributed by atoms with van der Waals surface area (Å²) >= 11 is 0. The maximum atomic E-state index is 11.5. The Morgan fingerprint density at radius 3 is 2.62 bits per heavy atom. The average molecular weight is 229 g/mol. The van der Waals surface area contributed by atoms with Crippen LogP contribution in [0.3, 0.4) is 0 Å². The maximum absolute atomic E-state index is 11.5. The second kappa shape index (κ2) is 6.86. The number of aliphatic hydroxyl groups excluding tert-OH is 1. The molecule has 1 unspecified atom stereocenters. The highest BCUT2D eigenvalue weighted by Crippen LogP contribution is 2.18. The van der Waals surface area contributed by atoms with E-state index in [9.17, 15) is 9.90 Å². The first-order valence-electron chi connectivity index (χ1n) is 6.20. The number of nitrogens with zero attached hydrogens (tertiary/aromatic N) is 1. The molecule has 1 rings (SSSR count). The standard InChI is InChI=1S/C12H23NO3/c1-3-16-12(15)11-5-8-13(9-6-11)7-4-10(2)14/h10-11,14H,3-9H2,1-2H3. The lowest BCUT2D eigenvalue weighted by Crippen LogP contribution is -2.38. The van der Waals surface area contributed by atoms with Crippen LogP contribution in [0.2, 0.25) is 0 Å². The van der Waals surface area contributed by atoms with Gasteiger partial charge in [0.25, 0.3) is 0 Å². The van der Waals surface area contributed by atoms with Gasteiger partial charge in [0.15, 0.2) is 0 Å². The zero-order valence-corrected chi connectivity index (χ0v) is 10.3. The first-order chi connectivity index (χ1) is 7.63. The highest BCUT2D eigenvalue weighted by atomic mass is 16.5. The van der Waals surface area contributed by atoms with Crippen LogP contribution in [0.4, 0.5) is 0 Å². The topological polar surface area (TPSA) is 49.8 Å². The van der Waals surface area contributed by atoms with Gasteiger partial charge < -0.3 is 14.7 Å². The minimum absolute atomic E-state index is 0.0438. The Morgan fingerprint density at radius 1 is 1.50 bits per heavy atom. The van der Waals surface area contributed by atoms with E-state index in [-0.39, 0.29) is 18.0 Å². The average Bonchev–Trinajstić information content (AvgIpc) is 2.27. The van der Waals surface area contributed by atoms with Crippen molar-refractivity contribution in [2.24, 2.45) is 5.92 Å². The number of ether oxygens (including phenoxy) is 1. The predicted molar refractivity (Wildman–Crippen MR) is 62.1 cm³/mol. The van der Waals surface area contributed by atoms with Crippen LogP contribution in [0.25, 0.3) is 0 Å². The lowest BCUT2D eigenvalue weighted by molar-refractivity contribution is -0.149. The third-order valence-electron chi connectivity index (χ3n) is 3.07. The van der Waals surface area contributed by atoms with Gasteiger partial charge in [-0.15, -0.1) is 0 Å². The predicted octanol–water partition coefficient (Wildman–Crippen LogP) is 1.03. The van der Waals surface area contributed by atoms with Crippen LogP contribution in [-0.2, 0) is 9.53 Å². The van der Waals surface area contributed by atoms with Crippen LogP contribution in [0, 0.1) is 5.92 Å². The number of hydrogen-bond acceptors (Lipinski definition) is 4. The molecule has 0 radical (unpaired) electrons. The van der Waals surface area contributed by atoms with Gasteiger partial charge in [0.05, 0.1) is 18.6 Å². The van der Waals surface area contributed by atoms with Crippen molar-refractivity contribution in [3.8, 4) is 0 Å². The molecule has 16 heavy (non-hydrogen) atoms. The van der Waals surface area contributed by atoms with Gasteiger partial charge in [0.2, 0.25) is 0 Å². The van der Waals surface area contributed by atoms with Gasteiger partial charge in [-0.2, -0.15) is 0 Å². The third kappa shape index (κ3) is 4.49. The van der Waals surface area contributed by atoms with E-state index in [0.29, 0.717) is 6.61 Å². The summed E-state index contributed by atoms with van der Waals surface area (Å²) in [6.07, 6.45) is 2.35. The zero-order chi connectivity index (χ0) is 12.0. The first-order valence-corrected chi connectivity index (χ1v) is 6.20. The summed E-state index contributed by atoms with van der Waals surface area (Å²) in [7, 11) is 0. The quantitative estimate of drug-likeness (QED) is 0.715. The molecule has 1 saturated heterocycles. The highest BCUT2D eigenvalue weighted by molar-refractivity contribution is 5.72. The molecule has 0 aromatic carbocycles. The zero-order valence-electron chi connectivity index (χ0n) is 10.3. The van der Waals surface area contributed by atoms with Crippen LogP contribution in [-0.4, -0.2) is 48.3 Å². The molecule has 1 aliphatic heterocycles. The SMILES string of the molecule is CCOC(=O)C1CCN(CCC(C)O)CC1. The molecule has 0 aromatic heterocycles. The van der Waals surface area contributed by atoms with E-state index in [0.717, 1.165) is 38.9 Å². The number of aliphatic hydroxyl groups is 1. The van der Waals surface area contributed by atoms with Crippen molar-refractivity contribution in [1.82, 2.24) is 4.90 Å². The smallest absolute Gasteiger partial charge is 0.309 e.